The van der Waals surface area contributed by atoms with Crippen LogP contribution in [0.4, 0.5) is 4.79 Å². The molecule has 142 valence electrons. The van der Waals surface area contributed by atoms with Crippen molar-refractivity contribution in [2.45, 2.75) is 50.9 Å². The van der Waals surface area contributed by atoms with E-state index < -0.39 is 17.3 Å². The number of hydrogen-bond acceptors (Lipinski definition) is 7. The highest BCUT2D eigenvalue weighted by atomic mass is 32.2. The Kier molecular flexibility index (Phi) is 6.82. The first-order valence-corrected chi connectivity index (χ1v) is 10.0. The Morgan fingerprint density at radius 1 is 1.38 bits per heavy atom. The fourth-order valence-electron chi connectivity index (χ4n) is 2.42. The number of H-pyrrole nitrogens is 1. The normalized spacial score (nSPS) is 13.4. The molecule has 0 bridgehead atoms. The van der Waals surface area contributed by atoms with Gasteiger partial charge in [-0.15, -0.1) is 11.3 Å². The molecule has 2 rings (SSSR count). The van der Waals surface area contributed by atoms with Crippen molar-refractivity contribution in [2.75, 3.05) is 7.11 Å². The number of amides is 2. The van der Waals surface area contributed by atoms with Gasteiger partial charge in [-0.3, -0.25) is 14.9 Å². The lowest BCUT2D eigenvalue weighted by atomic mass is 9.98. The number of thioether (sulfide) groups is 1. The van der Waals surface area contributed by atoms with Gasteiger partial charge in [0, 0.05) is 4.88 Å². The number of aromatic amines is 1. The monoisotopic (exact) mass is 397 g/mol. The molecule has 0 unspecified atom stereocenters. The molecular weight excluding hydrogens is 374 g/mol. The minimum Gasteiger partial charge on any atom is -0.453 e. The molecule has 0 fully saturated rings. The third-order valence-corrected chi connectivity index (χ3v) is 6.18. The predicted molar refractivity (Wildman–Crippen MR) is 104 cm³/mol. The third-order valence-electron chi connectivity index (χ3n) is 4.16. The van der Waals surface area contributed by atoms with Gasteiger partial charge in [0.05, 0.1) is 17.7 Å². The number of fused-ring (bicyclic) bond motifs is 1. The van der Waals surface area contributed by atoms with Crippen molar-refractivity contribution in [1.29, 1.82) is 0 Å². The van der Waals surface area contributed by atoms with Crippen LogP contribution in [0.25, 0.3) is 10.2 Å². The molecule has 0 radical (unpaired) electrons. The molecule has 2 heterocycles. The van der Waals surface area contributed by atoms with Gasteiger partial charge in [-0.25, -0.2) is 9.78 Å². The summed E-state index contributed by atoms with van der Waals surface area (Å²) < 4.78 is 4.40. The van der Waals surface area contributed by atoms with E-state index in [9.17, 15) is 14.4 Å². The van der Waals surface area contributed by atoms with Crippen LogP contribution in [-0.2, 0) is 16.0 Å². The van der Waals surface area contributed by atoms with Crippen LogP contribution in [0.15, 0.2) is 9.95 Å². The highest BCUT2D eigenvalue weighted by Crippen LogP contribution is 2.31. The lowest BCUT2D eigenvalue weighted by Crippen LogP contribution is -2.36. The fraction of sp³-hybridized carbons (Fsp3) is 0.529. The van der Waals surface area contributed by atoms with E-state index in [0.717, 1.165) is 35.0 Å². The zero-order valence-electron chi connectivity index (χ0n) is 15.5. The smallest absolute Gasteiger partial charge is 0.413 e. The fourth-order valence-corrected chi connectivity index (χ4v) is 4.33. The van der Waals surface area contributed by atoms with Crippen LogP contribution in [-0.4, -0.2) is 34.3 Å². The van der Waals surface area contributed by atoms with E-state index in [0.29, 0.717) is 21.3 Å². The number of rotatable bonds is 6. The van der Waals surface area contributed by atoms with Crippen LogP contribution in [0.3, 0.4) is 0 Å². The van der Waals surface area contributed by atoms with Crippen molar-refractivity contribution in [3.8, 4) is 0 Å². The van der Waals surface area contributed by atoms with E-state index in [4.69, 9.17) is 0 Å². The molecular formula is C17H23N3O4S2. The molecule has 0 saturated carbocycles. The molecule has 2 aromatic heterocycles. The Bertz CT molecular complexity index is 875. The van der Waals surface area contributed by atoms with Crippen LogP contribution in [0, 0.1) is 12.8 Å². The van der Waals surface area contributed by atoms with Crippen molar-refractivity contribution >= 4 is 45.3 Å². The summed E-state index contributed by atoms with van der Waals surface area (Å²) in [5.41, 5.74) is 0.863. The Morgan fingerprint density at radius 2 is 2.08 bits per heavy atom. The van der Waals surface area contributed by atoms with E-state index in [1.165, 1.54) is 18.4 Å². The number of thiophene rings is 1. The first-order valence-electron chi connectivity index (χ1n) is 8.34. The molecule has 2 aromatic rings. The van der Waals surface area contributed by atoms with E-state index in [1.54, 1.807) is 6.92 Å². The van der Waals surface area contributed by atoms with Crippen LogP contribution >= 0.6 is 23.1 Å². The summed E-state index contributed by atoms with van der Waals surface area (Å²) in [7, 11) is 1.18. The number of aromatic nitrogens is 2. The molecule has 0 aliphatic rings. The number of hydrogen-bond donors (Lipinski definition) is 2. The van der Waals surface area contributed by atoms with Crippen LogP contribution in [0.2, 0.25) is 0 Å². The van der Waals surface area contributed by atoms with Gasteiger partial charge in [-0.05, 0) is 31.7 Å². The Hall–Kier alpha value is -1.87. The van der Waals surface area contributed by atoms with Gasteiger partial charge >= 0.3 is 6.09 Å². The maximum atomic E-state index is 12.6. The molecule has 26 heavy (non-hydrogen) atoms. The average Bonchev–Trinajstić information content (AvgIpc) is 2.90. The lowest BCUT2D eigenvalue weighted by Gasteiger charge is -2.10. The number of alkyl carbamates (subject to hydrolysis) is 1. The van der Waals surface area contributed by atoms with Crippen molar-refractivity contribution < 1.29 is 14.3 Å². The Balaban J connectivity index is 2.27. The Morgan fingerprint density at radius 3 is 2.69 bits per heavy atom. The lowest BCUT2D eigenvalue weighted by molar-refractivity contribution is -0.119. The van der Waals surface area contributed by atoms with Gasteiger partial charge in [0.1, 0.15) is 4.83 Å². The summed E-state index contributed by atoms with van der Waals surface area (Å²) in [5.74, 6) is -0.0218. The number of ether oxygens (including phenoxy) is 1. The first kappa shape index (κ1) is 20.4. The quantitative estimate of drug-likeness (QED) is 0.573. The maximum absolute atomic E-state index is 12.6. The summed E-state index contributed by atoms with van der Waals surface area (Å²) in [6.07, 6.45) is 1.07. The van der Waals surface area contributed by atoms with E-state index in [-0.39, 0.29) is 5.56 Å². The number of carbonyl (C=O) groups is 2. The highest BCUT2D eigenvalue weighted by Gasteiger charge is 2.21. The van der Waals surface area contributed by atoms with E-state index in [1.807, 2.05) is 6.92 Å². The zero-order valence-corrected chi connectivity index (χ0v) is 17.1. The number of imide groups is 1. The number of carbonyl (C=O) groups excluding carboxylic acids is 2. The van der Waals surface area contributed by atoms with Crippen LogP contribution < -0.4 is 10.9 Å². The van der Waals surface area contributed by atoms with Crippen molar-refractivity contribution in [1.82, 2.24) is 15.3 Å². The molecule has 2 N–H and O–H groups in total. The summed E-state index contributed by atoms with van der Waals surface area (Å²) in [6, 6.07) is 0. The summed E-state index contributed by atoms with van der Waals surface area (Å²) in [6.45, 7) is 7.92. The molecule has 0 aromatic carbocycles. The molecule has 2 atom stereocenters. The third kappa shape index (κ3) is 4.64. The first-order chi connectivity index (χ1) is 12.3. The molecule has 0 spiro atoms. The highest BCUT2D eigenvalue weighted by molar-refractivity contribution is 8.00. The summed E-state index contributed by atoms with van der Waals surface area (Å²) in [5, 5.41) is 2.48. The topological polar surface area (TPSA) is 101 Å². The average molecular weight is 398 g/mol. The van der Waals surface area contributed by atoms with Gasteiger partial charge in [0.15, 0.2) is 5.16 Å². The molecule has 7 nitrogen and oxygen atoms in total. The van der Waals surface area contributed by atoms with E-state index >= 15 is 0 Å². The molecule has 9 heteroatoms. The van der Waals surface area contributed by atoms with Gasteiger partial charge in [-0.1, -0.05) is 32.0 Å². The standard InChI is InChI=1S/C17H23N3O4S2/c1-6-8(2)7-11-9(3)25-15-12(11)14(22)18-16(20-15)26-10(4)13(21)19-17(23)24-5/h8,10H,6-7H2,1-5H3,(H,18,20,22)(H,19,21,23)/t8-,10-/m1/s1. The minimum atomic E-state index is -0.817. The van der Waals surface area contributed by atoms with Crippen LogP contribution in [0.5, 0.6) is 0 Å². The number of aryl methyl sites for hydroxylation is 1. The van der Waals surface area contributed by atoms with Crippen molar-refractivity contribution in [2.24, 2.45) is 5.92 Å². The summed E-state index contributed by atoms with van der Waals surface area (Å²) >= 11 is 2.58. The number of nitrogens with zero attached hydrogens (tertiary/aromatic N) is 1. The number of nitrogens with one attached hydrogen (secondary N) is 2. The zero-order chi connectivity index (χ0) is 19.4. The SMILES string of the molecule is CC[C@@H](C)Cc1c(C)sc2nc(S[C@H](C)C(=O)NC(=O)OC)[nH]c(=O)c12. The summed E-state index contributed by atoms with van der Waals surface area (Å²) in [4.78, 5) is 44.7. The second kappa shape index (κ2) is 8.68. The second-order valence-electron chi connectivity index (χ2n) is 6.15. The molecule has 0 saturated heterocycles. The molecule has 2 amide bonds. The largest absolute Gasteiger partial charge is 0.453 e. The van der Waals surface area contributed by atoms with Gasteiger partial charge in [-0.2, -0.15) is 0 Å². The molecule has 0 aliphatic heterocycles. The Labute approximate surface area is 159 Å². The van der Waals surface area contributed by atoms with Crippen LogP contribution in [0.1, 0.15) is 37.6 Å². The maximum Gasteiger partial charge on any atom is 0.413 e. The van der Waals surface area contributed by atoms with Gasteiger partial charge in [0.2, 0.25) is 5.91 Å². The van der Waals surface area contributed by atoms with Crippen molar-refractivity contribution in [3.05, 3.63) is 20.8 Å². The van der Waals surface area contributed by atoms with Gasteiger partial charge < -0.3 is 9.72 Å². The minimum absolute atomic E-state index is 0.194. The van der Waals surface area contributed by atoms with Crippen molar-refractivity contribution in [3.63, 3.8) is 0 Å². The number of methoxy groups -OCH3 is 1. The van der Waals surface area contributed by atoms with Gasteiger partial charge in [0.25, 0.3) is 5.56 Å². The van der Waals surface area contributed by atoms with E-state index in [2.05, 4.69) is 33.9 Å². The second-order valence-corrected chi connectivity index (χ2v) is 8.68. The molecule has 0 aliphatic carbocycles. The predicted octanol–water partition coefficient (Wildman–Crippen LogP) is 3.24.